The minimum absolute atomic E-state index is 0.00618. The van der Waals surface area contributed by atoms with Crippen LogP contribution in [-0.2, 0) is 4.79 Å². The molecule has 2 aliphatic rings. The predicted octanol–water partition coefficient (Wildman–Crippen LogP) is 3.76. The summed E-state index contributed by atoms with van der Waals surface area (Å²) in [6.07, 6.45) is 10.1. The van der Waals surface area contributed by atoms with Crippen LogP contribution in [0.1, 0.15) is 78.6 Å². The van der Waals surface area contributed by atoms with E-state index < -0.39 is 24.3 Å². The molecule has 2 aliphatic carbocycles. The van der Waals surface area contributed by atoms with Gasteiger partial charge < -0.3 is 20.4 Å². The first-order valence-electron chi connectivity index (χ1n) is 11.1. The van der Waals surface area contributed by atoms with E-state index in [0.717, 1.165) is 51.4 Å². The maximum Gasteiger partial charge on any atom is 0.306 e. The van der Waals surface area contributed by atoms with Crippen LogP contribution in [0.2, 0.25) is 0 Å². The molecular weight excluding hydrogens is 356 g/mol. The predicted molar refractivity (Wildman–Crippen MR) is 110 cm³/mol. The topological polar surface area (TPSA) is 98.0 Å². The minimum Gasteiger partial charge on any atom is -0.481 e. The fourth-order valence-electron chi connectivity index (χ4n) is 4.71. The molecule has 0 aromatic heterocycles. The number of hydrogen-bond acceptors (Lipinski definition) is 4. The molecule has 2 saturated carbocycles. The second-order valence-electron chi connectivity index (χ2n) is 9.76. The molecule has 0 aromatic rings. The average molecular weight is 397 g/mol. The Morgan fingerprint density at radius 3 is 2.39 bits per heavy atom. The first-order valence-corrected chi connectivity index (χ1v) is 11.1. The molecule has 0 radical (unpaired) electrons. The second kappa shape index (κ2) is 10.2. The minimum atomic E-state index is -0.676. The summed E-state index contributed by atoms with van der Waals surface area (Å²) in [7, 11) is 0. The van der Waals surface area contributed by atoms with Crippen LogP contribution >= 0.6 is 0 Å². The highest BCUT2D eigenvalue weighted by molar-refractivity contribution is 5.73. The Hall–Kier alpha value is -0.910. The van der Waals surface area contributed by atoms with Gasteiger partial charge in [0.15, 0.2) is 0 Å². The Morgan fingerprint density at radius 1 is 1.11 bits per heavy atom. The molecule has 2 rings (SSSR count). The molecule has 0 aliphatic heterocycles. The van der Waals surface area contributed by atoms with Gasteiger partial charge in [-0.15, -0.1) is 0 Å². The van der Waals surface area contributed by atoms with E-state index in [1.807, 2.05) is 12.2 Å². The first kappa shape index (κ1) is 23.4. The zero-order valence-corrected chi connectivity index (χ0v) is 17.8. The highest BCUT2D eigenvalue weighted by atomic mass is 16.4. The van der Waals surface area contributed by atoms with Gasteiger partial charge in [-0.3, -0.25) is 4.79 Å². The van der Waals surface area contributed by atoms with Crippen molar-refractivity contribution in [2.24, 2.45) is 29.1 Å². The molecule has 5 nitrogen and oxygen atoms in total. The molecular formula is C23H40O5. The summed E-state index contributed by atoms with van der Waals surface area (Å²) < 4.78 is 0. The number of aliphatic hydroxyl groups excluding tert-OH is 3. The lowest BCUT2D eigenvalue weighted by Gasteiger charge is -2.29. The lowest BCUT2D eigenvalue weighted by molar-refractivity contribution is -0.138. The first-order chi connectivity index (χ1) is 13.2. The van der Waals surface area contributed by atoms with Crippen molar-refractivity contribution in [2.75, 3.05) is 0 Å². The molecule has 2 fully saturated rings. The van der Waals surface area contributed by atoms with Crippen LogP contribution in [0.3, 0.4) is 0 Å². The van der Waals surface area contributed by atoms with Gasteiger partial charge in [-0.25, -0.2) is 0 Å². The van der Waals surface area contributed by atoms with E-state index in [4.69, 9.17) is 5.11 Å². The quantitative estimate of drug-likeness (QED) is 0.297. The SMILES string of the molecule is CCCCC(C)(C)[C@H](O)C=C[C@@H]1[C@@H](CCCC[C@@H]2C[C@H]2C(=O)O)[C@@H](O)C[C@H]1O. The van der Waals surface area contributed by atoms with Gasteiger partial charge in [0.2, 0.25) is 0 Å². The smallest absolute Gasteiger partial charge is 0.306 e. The zero-order chi connectivity index (χ0) is 20.9. The second-order valence-corrected chi connectivity index (χ2v) is 9.76. The average Bonchev–Trinajstić information content (AvgIpc) is 3.35. The summed E-state index contributed by atoms with van der Waals surface area (Å²) in [5.74, 6) is -0.615. The monoisotopic (exact) mass is 396 g/mol. The number of carbonyl (C=O) groups is 1. The molecule has 162 valence electrons. The van der Waals surface area contributed by atoms with Crippen LogP contribution in [0.5, 0.6) is 0 Å². The van der Waals surface area contributed by atoms with E-state index in [1.165, 1.54) is 0 Å². The van der Waals surface area contributed by atoms with Crippen molar-refractivity contribution in [3.8, 4) is 0 Å². The molecule has 0 spiro atoms. The van der Waals surface area contributed by atoms with Crippen LogP contribution < -0.4 is 0 Å². The van der Waals surface area contributed by atoms with Crippen molar-refractivity contribution in [3.63, 3.8) is 0 Å². The molecule has 7 atom stereocenters. The lowest BCUT2D eigenvalue weighted by Crippen LogP contribution is -2.28. The fraction of sp³-hybridized carbons (Fsp3) is 0.870. The molecule has 5 heteroatoms. The van der Waals surface area contributed by atoms with Gasteiger partial charge in [-0.2, -0.15) is 0 Å². The van der Waals surface area contributed by atoms with Crippen LogP contribution in [-0.4, -0.2) is 44.7 Å². The summed E-state index contributed by atoms with van der Waals surface area (Å²) in [5.41, 5.74) is -0.199. The Labute approximate surface area is 169 Å². The van der Waals surface area contributed by atoms with Crippen molar-refractivity contribution in [3.05, 3.63) is 12.2 Å². The molecule has 0 amide bonds. The van der Waals surface area contributed by atoms with Gasteiger partial charge >= 0.3 is 5.97 Å². The van der Waals surface area contributed by atoms with E-state index in [2.05, 4.69) is 20.8 Å². The van der Waals surface area contributed by atoms with Crippen molar-refractivity contribution in [1.29, 1.82) is 0 Å². The number of hydrogen-bond donors (Lipinski definition) is 4. The number of rotatable bonds is 12. The Balaban J connectivity index is 1.82. The fourth-order valence-corrected chi connectivity index (χ4v) is 4.71. The maximum atomic E-state index is 10.9. The normalized spacial score (nSPS) is 34.1. The van der Waals surface area contributed by atoms with Crippen molar-refractivity contribution >= 4 is 5.97 Å². The number of carboxylic acid groups (broad SMARTS) is 1. The summed E-state index contributed by atoms with van der Waals surface area (Å²) >= 11 is 0. The van der Waals surface area contributed by atoms with E-state index in [1.54, 1.807) is 0 Å². The van der Waals surface area contributed by atoms with E-state index in [0.29, 0.717) is 12.3 Å². The number of carboxylic acids is 1. The molecule has 0 unspecified atom stereocenters. The van der Waals surface area contributed by atoms with E-state index in [9.17, 15) is 20.1 Å². The Bertz CT molecular complexity index is 529. The van der Waals surface area contributed by atoms with Crippen LogP contribution in [0.4, 0.5) is 0 Å². The van der Waals surface area contributed by atoms with Crippen LogP contribution in [0.15, 0.2) is 12.2 Å². The van der Waals surface area contributed by atoms with Gasteiger partial charge in [0.05, 0.1) is 24.2 Å². The van der Waals surface area contributed by atoms with Gasteiger partial charge in [-0.1, -0.05) is 58.6 Å². The summed E-state index contributed by atoms with van der Waals surface area (Å²) in [6, 6.07) is 0. The third-order valence-electron chi connectivity index (χ3n) is 7.01. The molecule has 0 heterocycles. The van der Waals surface area contributed by atoms with Crippen LogP contribution in [0.25, 0.3) is 0 Å². The van der Waals surface area contributed by atoms with Crippen molar-refractivity contribution < 1.29 is 25.2 Å². The number of aliphatic hydroxyl groups is 3. The van der Waals surface area contributed by atoms with Crippen LogP contribution in [0, 0.1) is 29.1 Å². The van der Waals surface area contributed by atoms with Gasteiger partial charge in [-0.05, 0) is 42.9 Å². The molecule has 0 bridgehead atoms. The maximum absolute atomic E-state index is 10.9. The molecule has 4 N–H and O–H groups in total. The summed E-state index contributed by atoms with van der Waals surface area (Å²) in [4.78, 5) is 10.9. The van der Waals surface area contributed by atoms with Gasteiger partial charge in [0, 0.05) is 12.3 Å². The summed E-state index contributed by atoms with van der Waals surface area (Å²) in [5, 5.41) is 40.3. The van der Waals surface area contributed by atoms with Gasteiger partial charge in [0.1, 0.15) is 0 Å². The highest BCUT2D eigenvalue weighted by Crippen LogP contribution is 2.43. The summed E-state index contributed by atoms with van der Waals surface area (Å²) in [6.45, 7) is 6.28. The third-order valence-corrected chi connectivity index (χ3v) is 7.01. The molecule has 0 saturated heterocycles. The molecule has 0 aromatic carbocycles. The Morgan fingerprint density at radius 2 is 1.79 bits per heavy atom. The zero-order valence-electron chi connectivity index (χ0n) is 17.8. The standard InChI is InChI=1S/C23H40O5/c1-4-5-12-23(2,3)21(26)11-10-17-16(19(24)14-20(17)25)9-7-6-8-15-13-18(15)22(27)28/h10-11,15-21,24-26H,4-9,12-14H2,1-3H3,(H,27,28)/t15-,16-,17-,18-,19+,20-,21-/m1/s1. The van der Waals surface area contributed by atoms with E-state index >= 15 is 0 Å². The largest absolute Gasteiger partial charge is 0.481 e. The Kier molecular flexibility index (Phi) is 8.53. The van der Waals surface area contributed by atoms with Crippen molar-refractivity contribution in [1.82, 2.24) is 0 Å². The van der Waals surface area contributed by atoms with Gasteiger partial charge in [0.25, 0.3) is 0 Å². The van der Waals surface area contributed by atoms with E-state index in [-0.39, 0.29) is 23.2 Å². The number of aliphatic carboxylic acids is 1. The molecule has 28 heavy (non-hydrogen) atoms. The third kappa shape index (κ3) is 6.30. The highest BCUT2D eigenvalue weighted by Gasteiger charge is 2.43. The lowest BCUT2D eigenvalue weighted by atomic mass is 9.80. The van der Waals surface area contributed by atoms with Crippen molar-refractivity contribution in [2.45, 2.75) is 96.9 Å². The number of unbranched alkanes of at least 4 members (excludes halogenated alkanes) is 2.